The van der Waals surface area contributed by atoms with E-state index in [1.165, 1.54) is 0 Å². The van der Waals surface area contributed by atoms with Gasteiger partial charge < -0.3 is 60.7 Å². The quantitative estimate of drug-likeness (QED) is 0.290. The largest absolute Gasteiger partial charge is 3.00 e. The molecule has 0 heterocycles. The molecule has 0 aromatic rings. The van der Waals surface area contributed by atoms with Crippen LogP contribution in [0.2, 0.25) is 0 Å². The minimum atomic E-state index is -2.33. The second-order valence-corrected chi connectivity index (χ2v) is 1.03. The molecule has 0 aliphatic heterocycles. The van der Waals surface area contributed by atoms with E-state index in [0.717, 1.165) is 0 Å². The molecule has 15 heteroatoms. The molecular weight excluding hydrogens is 536 g/mol. The van der Waals surface area contributed by atoms with Gasteiger partial charge in [-0.3, -0.25) is 0 Å². The third-order valence-electron chi connectivity index (χ3n) is 0. The van der Waals surface area contributed by atoms with Crippen LogP contribution in [-0.2, 0) is 0 Å². The van der Waals surface area contributed by atoms with E-state index < -0.39 is 24.6 Å². The molecule has 0 rings (SSSR count). The first-order chi connectivity index (χ1) is 6.93. The average molecular weight is 540 g/mol. The maximum absolute atomic E-state index is 8.56. The smallest absolute Gasteiger partial charge is 0.652 e. The zero-order chi connectivity index (χ0) is 14.3. The van der Waals surface area contributed by atoms with Gasteiger partial charge in [0.05, 0.1) is 0 Å². The first-order valence-electron chi connectivity index (χ1n) is 2.49. The number of carbonyl (C=O) groups is 4. The number of hydrogen-bond donors (Lipinski definition) is 2. The molecule has 0 bridgehead atoms. The molecule has 0 aliphatic carbocycles. The fourth-order valence-corrected chi connectivity index (χ4v) is 0. The van der Waals surface area contributed by atoms with Gasteiger partial charge >= 0.3 is 89.6 Å². The first-order valence-corrected chi connectivity index (χ1v) is 2.49. The fraction of sp³-hybridized carbons (Fsp3) is 0. The fourth-order valence-electron chi connectivity index (χ4n) is 0. The van der Waals surface area contributed by atoms with Crippen molar-refractivity contribution in [3.8, 4) is 0 Å². The predicted molar refractivity (Wildman–Crippen MR) is 30.5 cm³/mol. The SMILES string of the molecule is O.O=C(O)O.O=C([O-])[O-].O=C([O-])[O-].O=C([O-])[O-].[Ce+3].[Ce+3]. The van der Waals surface area contributed by atoms with Gasteiger partial charge in [0, 0.05) is 0 Å². The Balaban J connectivity index is -0.0000000192. The van der Waals surface area contributed by atoms with Crippen LogP contribution < -0.4 is 30.6 Å². The van der Waals surface area contributed by atoms with Gasteiger partial charge in [-0.25, -0.2) is 4.79 Å². The Morgan fingerprint density at radius 1 is 0.579 bits per heavy atom. The zero-order valence-corrected chi connectivity index (χ0v) is 14.8. The molecule has 0 spiro atoms. The maximum atomic E-state index is 8.56. The molecule has 4 N–H and O–H groups in total. The predicted octanol–water partition coefficient (Wildman–Crippen LogP) is -7.94. The summed E-state index contributed by atoms with van der Waals surface area (Å²) in [6, 6.07) is 0. The van der Waals surface area contributed by atoms with Crippen molar-refractivity contribution in [2.45, 2.75) is 0 Å². The van der Waals surface area contributed by atoms with E-state index in [9.17, 15) is 0 Å². The van der Waals surface area contributed by atoms with E-state index in [1.807, 2.05) is 0 Å². The molecule has 2 radical (unpaired) electrons. The summed E-state index contributed by atoms with van der Waals surface area (Å²) < 4.78 is 0. The molecule has 0 aromatic carbocycles. The summed E-state index contributed by atoms with van der Waals surface area (Å²) in [4.78, 5) is 33.6. The van der Waals surface area contributed by atoms with Gasteiger partial charge in [0.1, 0.15) is 0 Å². The van der Waals surface area contributed by atoms with Crippen molar-refractivity contribution < 1.29 is 149 Å². The summed E-state index contributed by atoms with van der Waals surface area (Å²) in [6.07, 6.45) is -8.83. The Bertz CT molecular complexity index is 163. The van der Waals surface area contributed by atoms with Gasteiger partial charge in [-0.15, -0.1) is 0 Å². The Labute approximate surface area is 171 Å². The normalized spacial score (nSPS) is 5.05. The summed E-state index contributed by atoms with van der Waals surface area (Å²) in [5.41, 5.74) is 0. The Hall–Kier alpha value is -0.207. The monoisotopic (exact) mass is 540 g/mol. The van der Waals surface area contributed by atoms with E-state index in [2.05, 4.69) is 0 Å². The maximum Gasteiger partial charge on any atom is 3.00 e. The van der Waals surface area contributed by atoms with Crippen molar-refractivity contribution in [3.63, 3.8) is 0 Å². The second-order valence-electron chi connectivity index (χ2n) is 1.03. The van der Waals surface area contributed by atoms with Crippen LogP contribution in [0.5, 0.6) is 0 Å². The minimum Gasteiger partial charge on any atom is -0.652 e. The molecule has 0 aromatic heterocycles. The Kier molecular flexibility index (Phi) is 81.2. The summed E-state index contributed by atoms with van der Waals surface area (Å²) in [5, 5.41) is 63.9. The molecule has 13 nitrogen and oxygen atoms in total. The van der Waals surface area contributed by atoms with Crippen LogP contribution in [0, 0.1) is 83.5 Å². The van der Waals surface area contributed by atoms with E-state index in [-0.39, 0.29) is 89.0 Å². The molecule has 0 unspecified atom stereocenters. The molecule has 106 valence electrons. The van der Waals surface area contributed by atoms with Crippen molar-refractivity contribution in [1.29, 1.82) is 0 Å². The average Bonchev–Trinajstić information content (AvgIpc) is 1.76. The van der Waals surface area contributed by atoms with Crippen molar-refractivity contribution in [3.05, 3.63) is 0 Å². The van der Waals surface area contributed by atoms with Crippen molar-refractivity contribution >= 4 is 24.6 Å². The molecule has 0 aliphatic rings. The van der Waals surface area contributed by atoms with E-state index in [0.29, 0.717) is 0 Å². The van der Waals surface area contributed by atoms with Crippen LogP contribution in [0.1, 0.15) is 0 Å². The van der Waals surface area contributed by atoms with Gasteiger partial charge in [0.15, 0.2) is 0 Å². The van der Waals surface area contributed by atoms with Gasteiger partial charge in [0.25, 0.3) is 0 Å². The number of rotatable bonds is 0. The second kappa shape index (κ2) is 36.1. The zero-order valence-electron chi connectivity index (χ0n) is 8.48. The molecule has 0 saturated heterocycles. The third-order valence-corrected chi connectivity index (χ3v) is 0. The molecule has 0 saturated carbocycles. The van der Waals surface area contributed by atoms with Crippen LogP contribution in [0.15, 0.2) is 0 Å². The van der Waals surface area contributed by atoms with Gasteiger partial charge in [-0.2, -0.15) is 0 Å². The van der Waals surface area contributed by atoms with Crippen LogP contribution in [0.4, 0.5) is 19.2 Å². The van der Waals surface area contributed by atoms with E-state index in [4.69, 9.17) is 60.0 Å². The summed E-state index contributed by atoms with van der Waals surface area (Å²) in [6.45, 7) is 0. The molecular formula is C4H4Ce2O13. The van der Waals surface area contributed by atoms with Crippen LogP contribution in [-0.4, -0.2) is 40.3 Å². The molecule has 0 atom stereocenters. The molecule has 19 heavy (non-hydrogen) atoms. The first kappa shape index (κ1) is 42.8. The van der Waals surface area contributed by atoms with E-state index >= 15 is 0 Å². The standard InChI is InChI=1S/4CH2O3.2Ce.H2O/c4*2-1(3)4;;;/h4*(H2,2,3,4);;;1H2/q;;;;2*+3;/p-6. The van der Waals surface area contributed by atoms with Gasteiger partial charge in [-0.05, 0) is 18.5 Å². The summed E-state index contributed by atoms with van der Waals surface area (Å²) >= 11 is 0. The third kappa shape index (κ3) is 104000. The van der Waals surface area contributed by atoms with E-state index in [1.54, 1.807) is 0 Å². The number of carbonyl (C=O) groups excluding carboxylic acids is 3. The number of hydrogen-bond acceptors (Lipinski definition) is 10. The topological polar surface area (TPSA) is 279 Å². The number of carboxylic acid groups (broad SMARTS) is 8. The van der Waals surface area contributed by atoms with Crippen LogP contribution >= 0.6 is 0 Å². The van der Waals surface area contributed by atoms with Crippen LogP contribution in [0.25, 0.3) is 0 Å². The minimum absolute atomic E-state index is 0. The van der Waals surface area contributed by atoms with Crippen molar-refractivity contribution in [1.82, 2.24) is 0 Å². The Morgan fingerprint density at radius 2 is 0.579 bits per heavy atom. The van der Waals surface area contributed by atoms with Gasteiger partial charge in [-0.1, -0.05) is 0 Å². The summed E-state index contributed by atoms with van der Waals surface area (Å²) in [7, 11) is 0. The summed E-state index contributed by atoms with van der Waals surface area (Å²) in [5.74, 6) is 0. The van der Waals surface area contributed by atoms with Crippen molar-refractivity contribution in [2.75, 3.05) is 0 Å². The molecule has 0 fully saturated rings. The Morgan fingerprint density at radius 3 is 0.579 bits per heavy atom. The molecule has 0 amide bonds. The van der Waals surface area contributed by atoms with Crippen LogP contribution in [0.3, 0.4) is 0 Å². The van der Waals surface area contributed by atoms with Crippen molar-refractivity contribution in [2.24, 2.45) is 0 Å². The van der Waals surface area contributed by atoms with Gasteiger partial charge in [0.2, 0.25) is 0 Å².